The monoisotopic (exact) mass is 463 g/mol. The molecule has 1 saturated heterocycles. The third kappa shape index (κ3) is 5.74. The fourth-order valence-electron chi connectivity index (χ4n) is 2.08. The molecule has 1 aliphatic rings. The zero-order chi connectivity index (χ0) is 16.3. The lowest BCUT2D eigenvalue weighted by molar-refractivity contribution is 0.353. The van der Waals surface area contributed by atoms with Gasteiger partial charge in [0, 0.05) is 24.4 Å². The third-order valence-electron chi connectivity index (χ3n) is 3.84. The van der Waals surface area contributed by atoms with Crippen LogP contribution in [-0.2, 0) is 9.84 Å². The van der Waals surface area contributed by atoms with Crippen molar-refractivity contribution in [2.45, 2.75) is 44.1 Å². The normalized spacial score (nSPS) is 21.2. The third-order valence-corrected chi connectivity index (χ3v) is 7.61. The summed E-state index contributed by atoms with van der Waals surface area (Å²) in [5.74, 6) is 1.01. The first-order valence-corrected chi connectivity index (χ1v) is 10.2. The van der Waals surface area contributed by atoms with E-state index in [1.807, 2.05) is 6.92 Å². The Balaban J connectivity index is 0.00000441. The second-order valence-corrected chi connectivity index (χ2v) is 10.9. The molecule has 0 aromatic heterocycles. The van der Waals surface area contributed by atoms with Gasteiger partial charge in [-0.2, -0.15) is 11.8 Å². The number of halogens is 1. The van der Waals surface area contributed by atoms with E-state index in [4.69, 9.17) is 4.99 Å². The molecule has 22 heavy (non-hydrogen) atoms. The Hall–Kier alpha value is 0.300. The van der Waals surface area contributed by atoms with Gasteiger partial charge in [0.2, 0.25) is 0 Å². The molecule has 1 aliphatic heterocycles. The van der Waals surface area contributed by atoms with Gasteiger partial charge in [-0.05, 0) is 40.9 Å². The second-order valence-electron chi connectivity index (χ2n) is 6.63. The molecular weight excluding hydrogens is 433 g/mol. The van der Waals surface area contributed by atoms with Crippen LogP contribution in [0.5, 0.6) is 0 Å². The van der Waals surface area contributed by atoms with Crippen molar-refractivity contribution in [3.63, 3.8) is 0 Å². The minimum absolute atomic E-state index is 0. The number of rotatable bonds is 4. The molecule has 1 fully saturated rings. The van der Waals surface area contributed by atoms with Crippen LogP contribution < -0.4 is 5.32 Å². The maximum absolute atomic E-state index is 12.1. The molecule has 0 aliphatic carbocycles. The van der Waals surface area contributed by atoms with E-state index >= 15 is 0 Å². The zero-order valence-electron chi connectivity index (χ0n) is 14.5. The summed E-state index contributed by atoms with van der Waals surface area (Å²) >= 11 is 1.78. The molecule has 0 spiro atoms. The molecular formula is C14H30IN3O2S2. The highest BCUT2D eigenvalue weighted by Crippen LogP contribution is 2.24. The standard InChI is InChI=1S/C14H29N3O2S2.HI/c1-7-15-12(16-10-13(2,3)20-6)17-8-9-21(18,19)14(4,5)11-17;/h7-11H2,1-6H3,(H,15,16);1H. The summed E-state index contributed by atoms with van der Waals surface area (Å²) in [5.41, 5.74) is 0. The van der Waals surface area contributed by atoms with Crippen molar-refractivity contribution >= 4 is 51.5 Å². The van der Waals surface area contributed by atoms with Gasteiger partial charge in [-0.1, -0.05) is 0 Å². The summed E-state index contributed by atoms with van der Waals surface area (Å²) in [6, 6.07) is 0. The van der Waals surface area contributed by atoms with Crippen LogP contribution >= 0.6 is 35.7 Å². The predicted molar refractivity (Wildman–Crippen MR) is 108 cm³/mol. The molecule has 1 N–H and O–H groups in total. The van der Waals surface area contributed by atoms with Crippen LogP contribution in [0.1, 0.15) is 34.6 Å². The van der Waals surface area contributed by atoms with Crippen LogP contribution in [0, 0.1) is 0 Å². The van der Waals surface area contributed by atoms with Crippen LogP contribution in [-0.4, -0.2) is 67.0 Å². The van der Waals surface area contributed by atoms with Gasteiger partial charge < -0.3 is 10.2 Å². The molecule has 1 rings (SSSR count). The van der Waals surface area contributed by atoms with Crippen molar-refractivity contribution in [3.05, 3.63) is 0 Å². The van der Waals surface area contributed by atoms with E-state index in [9.17, 15) is 8.42 Å². The minimum Gasteiger partial charge on any atom is -0.357 e. The fraction of sp³-hybridized carbons (Fsp3) is 0.929. The lowest BCUT2D eigenvalue weighted by Gasteiger charge is -2.39. The second kappa shape index (κ2) is 8.41. The van der Waals surface area contributed by atoms with Gasteiger partial charge in [-0.15, -0.1) is 24.0 Å². The number of nitrogens with one attached hydrogen (secondary N) is 1. The molecule has 5 nitrogen and oxygen atoms in total. The summed E-state index contributed by atoms with van der Waals surface area (Å²) < 4.78 is 23.6. The molecule has 0 atom stereocenters. The van der Waals surface area contributed by atoms with Crippen LogP contribution in [0.25, 0.3) is 0 Å². The van der Waals surface area contributed by atoms with Gasteiger partial charge in [0.05, 0.1) is 17.0 Å². The van der Waals surface area contributed by atoms with Gasteiger partial charge in [-0.25, -0.2) is 8.42 Å². The number of aliphatic imine (C=N–C) groups is 1. The smallest absolute Gasteiger partial charge is 0.194 e. The van der Waals surface area contributed by atoms with E-state index in [0.717, 1.165) is 12.5 Å². The zero-order valence-corrected chi connectivity index (χ0v) is 18.4. The van der Waals surface area contributed by atoms with Gasteiger partial charge in [0.1, 0.15) is 0 Å². The van der Waals surface area contributed by atoms with Crippen molar-refractivity contribution in [1.82, 2.24) is 10.2 Å². The Bertz CT molecular complexity index is 490. The highest BCUT2D eigenvalue weighted by molar-refractivity contribution is 14.0. The molecule has 0 unspecified atom stereocenters. The van der Waals surface area contributed by atoms with Gasteiger partial charge in [0.15, 0.2) is 15.8 Å². The van der Waals surface area contributed by atoms with E-state index in [-0.39, 0.29) is 34.5 Å². The van der Waals surface area contributed by atoms with E-state index in [1.165, 1.54) is 0 Å². The summed E-state index contributed by atoms with van der Waals surface area (Å²) in [6.07, 6.45) is 2.08. The van der Waals surface area contributed by atoms with Crippen molar-refractivity contribution in [3.8, 4) is 0 Å². The largest absolute Gasteiger partial charge is 0.357 e. The molecule has 0 aromatic rings. The van der Waals surface area contributed by atoms with E-state index in [2.05, 4.69) is 30.3 Å². The molecule has 132 valence electrons. The number of thioether (sulfide) groups is 1. The minimum atomic E-state index is -3.02. The number of sulfone groups is 1. The van der Waals surface area contributed by atoms with Crippen molar-refractivity contribution in [2.24, 2.45) is 4.99 Å². The SMILES string of the molecule is CCNC(=NCC(C)(C)SC)N1CCS(=O)(=O)C(C)(C)C1.I. The Morgan fingerprint density at radius 2 is 2.00 bits per heavy atom. The summed E-state index contributed by atoms with van der Waals surface area (Å²) in [7, 11) is -3.02. The molecule has 0 radical (unpaired) electrons. The molecule has 1 heterocycles. The summed E-state index contributed by atoms with van der Waals surface area (Å²) in [6.45, 7) is 12.4. The molecule has 0 bridgehead atoms. The Morgan fingerprint density at radius 1 is 1.41 bits per heavy atom. The fourth-order valence-corrected chi connectivity index (χ4v) is 3.64. The summed E-state index contributed by atoms with van der Waals surface area (Å²) in [5, 5.41) is 3.29. The number of nitrogens with zero attached hydrogens (tertiary/aromatic N) is 2. The Kier molecular flexibility index (Phi) is 8.53. The van der Waals surface area contributed by atoms with Gasteiger partial charge >= 0.3 is 0 Å². The molecule has 0 aromatic carbocycles. The van der Waals surface area contributed by atoms with Crippen LogP contribution in [0.3, 0.4) is 0 Å². The highest BCUT2D eigenvalue weighted by Gasteiger charge is 2.41. The van der Waals surface area contributed by atoms with Crippen LogP contribution in [0.4, 0.5) is 0 Å². The first-order valence-electron chi connectivity index (χ1n) is 7.35. The van der Waals surface area contributed by atoms with Crippen molar-refractivity contribution in [1.29, 1.82) is 0 Å². The first-order chi connectivity index (χ1) is 9.54. The van der Waals surface area contributed by atoms with Gasteiger partial charge in [-0.3, -0.25) is 4.99 Å². The summed E-state index contributed by atoms with van der Waals surface area (Å²) in [4.78, 5) is 6.78. The number of guanidine groups is 1. The first kappa shape index (κ1) is 22.3. The molecule has 0 saturated carbocycles. The molecule has 8 heteroatoms. The topological polar surface area (TPSA) is 61.8 Å². The van der Waals surface area contributed by atoms with Gasteiger partial charge in [0.25, 0.3) is 0 Å². The van der Waals surface area contributed by atoms with Crippen molar-refractivity contribution < 1.29 is 8.42 Å². The Labute approximate surface area is 157 Å². The van der Waals surface area contributed by atoms with E-state index in [1.54, 1.807) is 25.6 Å². The van der Waals surface area contributed by atoms with E-state index < -0.39 is 14.6 Å². The number of hydrogen-bond acceptors (Lipinski definition) is 4. The van der Waals surface area contributed by atoms with Crippen LogP contribution in [0.15, 0.2) is 4.99 Å². The average molecular weight is 463 g/mol. The lowest BCUT2D eigenvalue weighted by Crippen LogP contribution is -2.57. The highest BCUT2D eigenvalue weighted by atomic mass is 127. The maximum Gasteiger partial charge on any atom is 0.194 e. The maximum atomic E-state index is 12.1. The van der Waals surface area contributed by atoms with E-state index in [0.29, 0.717) is 19.6 Å². The average Bonchev–Trinajstić information content (AvgIpc) is 2.38. The predicted octanol–water partition coefficient (Wildman–Crippen LogP) is 2.22. The quantitative estimate of drug-likeness (QED) is 0.394. The Morgan fingerprint density at radius 3 is 2.45 bits per heavy atom. The number of hydrogen-bond donors (Lipinski definition) is 1. The van der Waals surface area contributed by atoms with Crippen LogP contribution in [0.2, 0.25) is 0 Å². The van der Waals surface area contributed by atoms with Crippen molar-refractivity contribution in [2.75, 3.05) is 38.2 Å². The lowest BCUT2D eigenvalue weighted by atomic mass is 10.2. The molecule has 0 amide bonds.